The molecular formula is C17H20ClLiN2O2. The van der Waals surface area contributed by atoms with Crippen molar-refractivity contribution in [2.24, 2.45) is 0 Å². The van der Waals surface area contributed by atoms with E-state index in [0.717, 1.165) is 17.8 Å². The van der Waals surface area contributed by atoms with Crippen LogP contribution in [0.15, 0.2) is 48.5 Å². The molecule has 0 saturated heterocycles. The van der Waals surface area contributed by atoms with Gasteiger partial charge in [0.15, 0.2) is 0 Å². The molecule has 23 heavy (non-hydrogen) atoms. The van der Waals surface area contributed by atoms with Crippen LogP contribution in [0.5, 0.6) is 0 Å². The van der Waals surface area contributed by atoms with Gasteiger partial charge >= 0.3 is 18.9 Å². The Bertz CT molecular complexity index is 607. The molecule has 0 heterocycles. The monoisotopic (exact) mass is 326 g/mol. The zero-order valence-corrected chi connectivity index (χ0v) is 14.6. The van der Waals surface area contributed by atoms with Gasteiger partial charge < -0.3 is 11.8 Å². The summed E-state index contributed by atoms with van der Waals surface area (Å²) in [7, 11) is 1.86. The van der Waals surface area contributed by atoms with Crippen molar-refractivity contribution in [2.45, 2.75) is 19.8 Å². The fourth-order valence-corrected chi connectivity index (χ4v) is 1.97. The van der Waals surface area contributed by atoms with E-state index in [1.54, 1.807) is 6.07 Å². The third kappa shape index (κ3) is 6.66. The quantitative estimate of drug-likeness (QED) is 0.375. The zero-order chi connectivity index (χ0) is 16.5. The maximum Gasteiger partial charge on any atom is 1.00 e. The maximum atomic E-state index is 10.6. The number of hydrogen-bond acceptors (Lipinski definition) is 3. The summed E-state index contributed by atoms with van der Waals surface area (Å²) in [6.07, 6.45) is 2.28. The molecule has 0 aromatic heterocycles. The van der Waals surface area contributed by atoms with Crippen molar-refractivity contribution in [1.82, 2.24) is 0 Å². The minimum Gasteiger partial charge on any atom is -0.343 e. The van der Waals surface area contributed by atoms with Gasteiger partial charge in [0.05, 0.1) is 15.6 Å². The molecule has 0 N–H and O–H groups in total. The van der Waals surface area contributed by atoms with Gasteiger partial charge in [0.25, 0.3) is 5.69 Å². The minimum atomic E-state index is -0.460. The fourth-order valence-electron chi connectivity index (χ4n) is 1.67. The van der Waals surface area contributed by atoms with Crippen molar-refractivity contribution in [1.29, 1.82) is 0 Å². The number of para-hydroxylation sites is 1. The van der Waals surface area contributed by atoms with Crippen molar-refractivity contribution in [2.75, 3.05) is 11.9 Å². The second-order valence-electron chi connectivity index (χ2n) is 4.64. The van der Waals surface area contributed by atoms with E-state index in [1.807, 2.05) is 42.3 Å². The summed E-state index contributed by atoms with van der Waals surface area (Å²) in [6.45, 7) is 5.72. The second-order valence-corrected chi connectivity index (χ2v) is 5.05. The summed E-state index contributed by atoms with van der Waals surface area (Å²) in [5.41, 5.74) is 1.69. The summed E-state index contributed by atoms with van der Waals surface area (Å²) >= 11 is 6.07. The van der Waals surface area contributed by atoms with Gasteiger partial charge in [0.1, 0.15) is 0 Å². The molecule has 0 amide bonds. The molecule has 0 bridgehead atoms. The Morgan fingerprint density at radius 1 is 1.22 bits per heavy atom. The minimum absolute atomic E-state index is 0. The fraction of sp³-hybridized carbons (Fsp3) is 0.235. The van der Waals surface area contributed by atoms with E-state index in [-0.39, 0.29) is 24.5 Å². The molecule has 0 radical (unpaired) electrons. The van der Waals surface area contributed by atoms with Crippen molar-refractivity contribution in [3.63, 3.8) is 0 Å². The van der Waals surface area contributed by atoms with Crippen molar-refractivity contribution in [3.8, 4) is 0 Å². The number of benzene rings is 2. The molecule has 0 fully saturated rings. The first-order valence-electron chi connectivity index (χ1n) is 7.03. The van der Waals surface area contributed by atoms with Crippen LogP contribution in [0.25, 0.3) is 0 Å². The van der Waals surface area contributed by atoms with Crippen LogP contribution in [0.2, 0.25) is 5.02 Å². The van der Waals surface area contributed by atoms with E-state index in [0.29, 0.717) is 5.02 Å². The summed E-state index contributed by atoms with van der Waals surface area (Å²) in [5.74, 6) is 0. The third-order valence-corrected chi connectivity index (χ3v) is 3.30. The maximum absolute atomic E-state index is 10.6. The van der Waals surface area contributed by atoms with Gasteiger partial charge in [-0.1, -0.05) is 43.1 Å². The van der Waals surface area contributed by atoms with Crippen LogP contribution in [-0.4, -0.2) is 12.0 Å². The average molecular weight is 327 g/mol. The van der Waals surface area contributed by atoms with Gasteiger partial charge in [-0.05, 0) is 18.2 Å². The van der Waals surface area contributed by atoms with Gasteiger partial charge in [-0.3, -0.25) is 10.1 Å². The van der Waals surface area contributed by atoms with Gasteiger partial charge in [-0.25, -0.2) is 0 Å². The van der Waals surface area contributed by atoms with Crippen LogP contribution in [0.4, 0.5) is 17.1 Å². The average Bonchev–Trinajstić information content (AvgIpc) is 2.55. The molecule has 0 atom stereocenters. The van der Waals surface area contributed by atoms with Crippen molar-refractivity contribution < 1.29 is 23.8 Å². The first-order valence-corrected chi connectivity index (χ1v) is 7.41. The summed E-state index contributed by atoms with van der Waals surface area (Å²) < 4.78 is 0. The van der Waals surface area contributed by atoms with Crippen LogP contribution >= 0.6 is 11.6 Å². The number of halogens is 1. The summed E-state index contributed by atoms with van der Waals surface area (Å²) in [4.78, 5) is 12.1. The van der Waals surface area contributed by atoms with Crippen molar-refractivity contribution >= 4 is 28.7 Å². The molecule has 0 aliphatic heterocycles. The second kappa shape index (κ2) is 11.1. The molecule has 0 aliphatic carbocycles. The Morgan fingerprint density at radius 2 is 1.78 bits per heavy atom. The number of nitrogens with zero attached hydrogens (tertiary/aromatic N) is 2. The van der Waals surface area contributed by atoms with Gasteiger partial charge in [0.2, 0.25) is 0 Å². The Balaban J connectivity index is 0.000000871. The Hall–Kier alpha value is -1.47. The van der Waals surface area contributed by atoms with E-state index in [2.05, 4.69) is 13.8 Å². The molecule has 118 valence electrons. The molecule has 0 saturated carbocycles. The summed E-state index contributed by atoms with van der Waals surface area (Å²) in [6, 6.07) is 14.1. The van der Waals surface area contributed by atoms with Crippen LogP contribution in [0, 0.1) is 17.0 Å². The van der Waals surface area contributed by atoms with E-state index >= 15 is 0 Å². The largest absolute Gasteiger partial charge is 1.00 e. The molecule has 0 unspecified atom stereocenters. The smallest absolute Gasteiger partial charge is 0.343 e. The van der Waals surface area contributed by atoms with E-state index in [4.69, 9.17) is 11.6 Å². The van der Waals surface area contributed by atoms with Gasteiger partial charge in [-0.15, -0.1) is 0 Å². The Labute approximate surface area is 154 Å². The molecule has 2 rings (SSSR count). The van der Waals surface area contributed by atoms with Crippen molar-refractivity contribution in [3.05, 3.63) is 70.6 Å². The summed E-state index contributed by atoms with van der Waals surface area (Å²) in [5, 5.41) is 11.0. The van der Waals surface area contributed by atoms with Crippen LogP contribution in [-0.2, 0) is 0 Å². The SMILES string of the molecule is CN(c1ccccc1)c1ccc([N+](=O)[O-])cc1Cl.[CH2-]CCC.[Li+]. The molecule has 0 aliphatic rings. The first kappa shape index (κ1) is 21.5. The predicted octanol–water partition coefficient (Wildman–Crippen LogP) is 2.64. The van der Waals surface area contributed by atoms with Crippen LogP contribution in [0.3, 0.4) is 0 Å². The van der Waals surface area contributed by atoms with Gasteiger partial charge in [-0.2, -0.15) is 6.42 Å². The molecular weight excluding hydrogens is 307 g/mol. The molecule has 4 nitrogen and oxygen atoms in total. The van der Waals surface area contributed by atoms with Crippen LogP contribution in [0.1, 0.15) is 19.8 Å². The standard InChI is InChI=1S/C13H11ClN2O2.C4H9.Li/c1-15(10-5-3-2-4-6-10)13-8-7-11(16(17)18)9-12(13)14;1-3-4-2;/h2-9H,1H3;1,3-4H2,2H3;/q;-1;+1. The number of anilines is 2. The first-order chi connectivity index (χ1) is 10.5. The number of nitro benzene ring substituents is 1. The molecule has 2 aromatic rings. The molecule has 6 heteroatoms. The topological polar surface area (TPSA) is 46.4 Å². The number of rotatable bonds is 4. The zero-order valence-electron chi connectivity index (χ0n) is 13.8. The molecule has 0 spiro atoms. The molecule has 2 aromatic carbocycles. The number of hydrogen-bond donors (Lipinski definition) is 0. The number of unbranched alkanes of at least 4 members (excludes halogenated alkanes) is 1. The Kier molecular flexibility index (Phi) is 10.4. The number of nitro groups is 1. The van der Waals surface area contributed by atoms with E-state index < -0.39 is 4.92 Å². The van der Waals surface area contributed by atoms with E-state index in [9.17, 15) is 10.1 Å². The van der Waals surface area contributed by atoms with Gasteiger partial charge in [0, 0.05) is 24.9 Å². The van der Waals surface area contributed by atoms with E-state index in [1.165, 1.54) is 18.6 Å². The number of non-ortho nitro benzene ring substituents is 1. The van der Waals surface area contributed by atoms with Crippen LogP contribution < -0.4 is 23.8 Å². The normalized spacial score (nSPS) is 9.22. The Morgan fingerprint density at radius 3 is 2.22 bits per heavy atom. The predicted molar refractivity (Wildman–Crippen MR) is 92.9 cm³/mol. The third-order valence-electron chi connectivity index (χ3n) is 3.00.